The molecule has 0 saturated heterocycles. The van der Waals surface area contributed by atoms with Gasteiger partial charge in [-0.1, -0.05) is 29.8 Å². The number of fused-ring (bicyclic) bond motifs is 2. The van der Waals surface area contributed by atoms with E-state index in [9.17, 15) is 0 Å². The Labute approximate surface area is 84.2 Å². The van der Waals surface area contributed by atoms with Crippen molar-refractivity contribution in [1.82, 2.24) is 0 Å². The Balaban J connectivity index is 2.11. The van der Waals surface area contributed by atoms with E-state index in [0.717, 1.165) is 17.8 Å². The zero-order chi connectivity index (χ0) is 8.77. The molecule has 2 fully saturated rings. The summed E-state index contributed by atoms with van der Waals surface area (Å²) in [5.41, 5.74) is 0. The average molecular weight is 231 g/mol. The Kier molecular flexibility index (Phi) is 2.27. The zero-order valence-corrected chi connectivity index (χ0v) is 9.73. The topological polar surface area (TPSA) is 0 Å². The molecule has 0 radical (unpaired) electrons. The van der Waals surface area contributed by atoms with Crippen LogP contribution in [0.1, 0.15) is 46.0 Å². The van der Waals surface area contributed by atoms with E-state index in [2.05, 4.69) is 29.8 Å². The molecule has 0 N–H and O–H groups in total. The summed E-state index contributed by atoms with van der Waals surface area (Å²) in [5, 5.41) is 0. The highest BCUT2D eigenvalue weighted by Crippen LogP contribution is 2.51. The third kappa shape index (κ3) is 1.71. The minimum atomic E-state index is 0.535. The molecule has 70 valence electrons. The second kappa shape index (κ2) is 3.01. The van der Waals surface area contributed by atoms with E-state index >= 15 is 0 Å². The minimum Gasteiger partial charge on any atom is -0.0853 e. The summed E-state index contributed by atoms with van der Waals surface area (Å²) >= 11 is 3.97. The average Bonchev–Trinajstić information content (AvgIpc) is 1.78. The van der Waals surface area contributed by atoms with Gasteiger partial charge in [0.05, 0.1) is 0 Å². The maximum atomic E-state index is 3.97. The van der Waals surface area contributed by atoms with Crippen LogP contribution in [0.3, 0.4) is 0 Å². The Hall–Kier alpha value is 0.480. The van der Waals surface area contributed by atoms with Gasteiger partial charge in [0.25, 0.3) is 0 Å². The van der Waals surface area contributed by atoms with Gasteiger partial charge in [0, 0.05) is 4.32 Å². The maximum Gasteiger partial charge on any atom is 0.0265 e. The summed E-state index contributed by atoms with van der Waals surface area (Å²) in [7, 11) is 0. The molecule has 2 unspecified atom stereocenters. The maximum absolute atomic E-state index is 3.97. The molecule has 0 aromatic carbocycles. The smallest absolute Gasteiger partial charge is 0.0265 e. The van der Waals surface area contributed by atoms with Crippen molar-refractivity contribution in [2.24, 2.45) is 17.8 Å². The van der Waals surface area contributed by atoms with Gasteiger partial charge < -0.3 is 0 Å². The molecule has 12 heavy (non-hydrogen) atoms. The van der Waals surface area contributed by atoms with Crippen LogP contribution < -0.4 is 0 Å². The van der Waals surface area contributed by atoms with Crippen LogP contribution in [0.5, 0.6) is 0 Å². The molecule has 0 aromatic rings. The summed E-state index contributed by atoms with van der Waals surface area (Å²) < 4.78 is 0.535. The molecule has 2 rings (SSSR count). The van der Waals surface area contributed by atoms with E-state index in [0.29, 0.717) is 4.32 Å². The molecule has 2 atom stereocenters. The van der Waals surface area contributed by atoms with Crippen molar-refractivity contribution < 1.29 is 0 Å². The van der Waals surface area contributed by atoms with Crippen LogP contribution in [-0.2, 0) is 0 Å². The molecule has 0 aromatic heterocycles. The molecule has 0 heterocycles. The first-order valence-corrected chi connectivity index (χ1v) is 6.06. The number of hydrogen-bond donors (Lipinski definition) is 0. The first-order valence-electron chi connectivity index (χ1n) is 5.26. The summed E-state index contributed by atoms with van der Waals surface area (Å²) in [6, 6.07) is 0. The van der Waals surface area contributed by atoms with Gasteiger partial charge in [0.1, 0.15) is 0 Å². The first kappa shape index (κ1) is 9.05. The second-order valence-corrected chi connectivity index (χ2v) is 6.99. The van der Waals surface area contributed by atoms with Crippen molar-refractivity contribution in [1.29, 1.82) is 0 Å². The molecule has 1 heteroatoms. The lowest BCUT2D eigenvalue weighted by Crippen LogP contribution is -2.39. The van der Waals surface area contributed by atoms with Crippen LogP contribution >= 0.6 is 15.9 Å². The van der Waals surface area contributed by atoms with Crippen LogP contribution in [0.15, 0.2) is 0 Å². The molecule has 0 aliphatic heterocycles. The van der Waals surface area contributed by atoms with Gasteiger partial charge >= 0.3 is 0 Å². The summed E-state index contributed by atoms with van der Waals surface area (Å²) in [5.74, 6) is 2.93. The van der Waals surface area contributed by atoms with E-state index in [-0.39, 0.29) is 0 Å². The third-order valence-electron chi connectivity index (χ3n) is 3.55. The van der Waals surface area contributed by atoms with Gasteiger partial charge in [-0.05, 0) is 49.9 Å². The highest BCUT2D eigenvalue weighted by Gasteiger charge is 2.42. The molecular formula is C11H19Br. The fraction of sp³-hybridized carbons (Fsp3) is 1.00. The van der Waals surface area contributed by atoms with Crippen LogP contribution in [0.2, 0.25) is 0 Å². The van der Waals surface area contributed by atoms with Crippen molar-refractivity contribution in [2.75, 3.05) is 0 Å². The molecule has 0 amide bonds. The standard InChI is InChI=1S/C11H19Br/c1-8-3-10-4-9(2)6-11(12,5-8)7-10/h8-10H,3-7H2,1-2H3. The molecule has 2 bridgehead atoms. The normalized spacial score (nSPS) is 53.8. The van der Waals surface area contributed by atoms with Crippen LogP contribution in [0, 0.1) is 17.8 Å². The molecule has 2 aliphatic carbocycles. The predicted molar refractivity (Wildman–Crippen MR) is 56.6 cm³/mol. The lowest BCUT2D eigenvalue weighted by Gasteiger charge is -2.46. The lowest BCUT2D eigenvalue weighted by atomic mass is 9.65. The van der Waals surface area contributed by atoms with Gasteiger partial charge in [-0.25, -0.2) is 0 Å². The Morgan fingerprint density at radius 1 is 1.00 bits per heavy atom. The van der Waals surface area contributed by atoms with E-state index in [1.165, 1.54) is 32.1 Å². The number of halogens is 1. The largest absolute Gasteiger partial charge is 0.0853 e. The van der Waals surface area contributed by atoms with Crippen LogP contribution in [0.25, 0.3) is 0 Å². The molecular weight excluding hydrogens is 212 g/mol. The van der Waals surface area contributed by atoms with Crippen molar-refractivity contribution in [2.45, 2.75) is 50.3 Å². The highest BCUT2D eigenvalue weighted by molar-refractivity contribution is 9.10. The molecule has 2 saturated carbocycles. The Morgan fingerprint density at radius 2 is 1.50 bits per heavy atom. The Bertz CT molecular complexity index is 156. The highest BCUT2D eigenvalue weighted by atomic mass is 79.9. The monoisotopic (exact) mass is 230 g/mol. The van der Waals surface area contributed by atoms with Gasteiger partial charge in [0.2, 0.25) is 0 Å². The van der Waals surface area contributed by atoms with E-state index in [1.807, 2.05) is 0 Å². The van der Waals surface area contributed by atoms with E-state index in [1.54, 1.807) is 0 Å². The summed E-state index contributed by atoms with van der Waals surface area (Å²) in [4.78, 5) is 0. The van der Waals surface area contributed by atoms with Gasteiger partial charge in [-0.3, -0.25) is 0 Å². The fourth-order valence-corrected chi connectivity index (χ4v) is 5.15. The van der Waals surface area contributed by atoms with E-state index < -0.39 is 0 Å². The molecule has 2 aliphatic rings. The number of rotatable bonds is 0. The Morgan fingerprint density at radius 3 is 1.92 bits per heavy atom. The van der Waals surface area contributed by atoms with Crippen molar-refractivity contribution in [3.63, 3.8) is 0 Å². The zero-order valence-electron chi connectivity index (χ0n) is 8.15. The number of hydrogen-bond acceptors (Lipinski definition) is 0. The van der Waals surface area contributed by atoms with Gasteiger partial charge in [-0.2, -0.15) is 0 Å². The van der Waals surface area contributed by atoms with Crippen molar-refractivity contribution >= 4 is 15.9 Å². The third-order valence-corrected chi connectivity index (χ3v) is 4.53. The SMILES string of the molecule is CC1CC2CC(C)CC(Br)(C1)C2. The van der Waals surface area contributed by atoms with Crippen molar-refractivity contribution in [3.8, 4) is 0 Å². The quantitative estimate of drug-likeness (QED) is 0.553. The molecule has 0 nitrogen and oxygen atoms in total. The predicted octanol–water partition coefficient (Wildman–Crippen LogP) is 3.99. The molecule has 0 spiro atoms. The second-order valence-electron chi connectivity index (χ2n) is 5.31. The number of alkyl halides is 1. The van der Waals surface area contributed by atoms with Crippen LogP contribution in [-0.4, -0.2) is 4.32 Å². The fourth-order valence-electron chi connectivity index (χ4n) is 3.58. The summed E-state index contributed by atoms with van der Waals surface area (Å²) in [6.45, 7) is 4.83. The van der Waals surface area contributed by atoms with Crippen LogP contribution in [0.4, 0.5) is 0 Å². The van der Waals surface area contributed by atoms with Gasteiger partial charge in [-0.15, -0.1) is 0 Å². The van der Waals surface area contributed by atoms with E-state index in [4.69, 9.17) is 0 Å². The van der Waals surface area contributed by atoms with Gasteiger partial charge in [0.15, 0.2) is 0 Å². The lowest BCUT2D eigenvalue weighted by molar-refractivity contribution is 0.138. The minimum absolute atomic E-state index is 0.535. The first-order chi connectivity index (χ1) is 5.57. The summed E-state index contributed by atoms with van der Waals surface area (Å²) in [6.07, 6.45) is 7.23. The van der Waals surface area contributed by atoms with Crippen molar-refractivity contribution in [3.05, 3.63) is 0 Å².